The first-order valence-corrected chi connectivity index (χ1v) is 8.42. The number of alkyl halides is 1. The molecule has 0 radical (unpaired) electrons. The van der Waals surface area contributed by atoms with Crippen molar-refractivity contribution in [3.8, 4) is 0 Å². The Labute approximate surface area is 142 Å². The molecule has 1 aliphatic heterocycles. The van der Waals surface area contributed by atoms with Gasteiger partial charge >= 0.3 is 0 Å². The van der Waals surface area contributed by atoms with E-state index in [0.29, 0.717) is 16.1 Å². The average Bonchev–Trinajstić information content (AvgIpc) is 2.84. The van der Waals surface area contributed by atoms with Crippen LogP contribution < -0.4 is 22.4 Å². The second-order valence-electron chi connectivity index (χ2n) is 4.88. The number of hydrogen-bond acceptors (Lipinski definition) is 3. The van der Waals surface area contributed by atoms with Crippen molar-refractivity contribution in [3.63, 3.8) is 0 Å². The van der Waals surface area contributed by atoms with Crippen molar-refractivity contribution in [2.24, 2.45) is 10.1 Å². The molecule has 1 aliphatic carbocycles. The molecule has 2 aliphatic rings. The molecule has 0 saturated heterocycles. The Bertz CT molecular complexity index is 492. The molecule has 3 atom stereocenters. The topological polar surface area (TPSA) is 41.3 Å². The van der Waals surface area contributed by atoms with Crippen molar-refractivity contribution >= 4 is 39.1 Å². The number of halogens is 2. The molecule has 1 aromatic carbocycles. The first-order valence-electron chi connectivity index (χ1n) is 6.63. The molecule has 20 heavy (non-hydrogen) atoms. The summed E-state index contributed by atoms with van der Waals surface area (Å²) in [6.07, 6.45) is 5.65. The van der Waals surface area contributed by atoms with Gasteiger partial charge in [-0.15, -0.1) is 0 Å². The fourth-order valence-corrected chi connectivity index (χ4v) is 4.74. The van der Waals surface area contributed by atoms with Crippen LogP contribution in [0.3, 0.4) is 0 Å². The van der Waals surface area contributed by atoms with Gasteiger partial charge in [0.2, 0.25) is 0 Å². The molecule has 0 aromatic heterocycles. The number of hydrogen-bond donors (Lipinski definition) is 1. The number of nitrogens with zero attached hydrogens (tertiary/aromatic N) is 2. The summed E-state index contributed by atoms with van der Waals surface area (Å²) in [7, 11) is 0. The number of thioether (sulfide) groups is 1. The van der Waals surface area contributed by atoms with Crippen molar-refractivity contribution in [2.75, 3.05) is 0 Å². The Morgan fingerprint density at radius 1 is 1.30 bits per heavy atom. The van der Waals surface area contributed by atoms with Crippen LogP contribution in [0.5, 0.6) is 0 Å². The van der Waals surface area contributed by atoms with Gasteiger partial charge < -0.3 is 17.0 Å². The van der Waals surface area contributed by atoms with Crippen LogP contribution in [0.4, 0.5) is 0 Å². The van der Waals surface area contributed by atoms with Crippen molar-refractivity contribution in [1.29, 1.82) is 0 Å². The Kier molecular flexibility index (Phi) is 6.26. The van der Waals surface area contributed by atoms with Crippen molar-refractivity contribution in [3.05, 3.63) is 35.9 Å². The highest BCUT2D eigenvalue weighted by Gasteiger charge is 2.39. The number of amidine groups is 1. The largest absolute Gasteiger partial charge is 1.00 e. The number of fused-ring (bicyclic) bond motifs is 1. The van der Waals surface area contributed by atoms with Gasteiger partial charge in [0.15, 0.2) is 0 Å². The van der Waals surface area contributed by atoms with Gasteiger partial charge in [0.05, 0.1) is 17.5 Å². The summed E-state index contributed by atoms with van der Waals surface area (Å²) in [5.74, 6) is 0. The van der Waals surface area contributed by atoms with Gasteiger partial charge in [0.25, 0.3) is 5.17 Å². The minimum absolute atomic E-state index is 0. The predicted molar refractivity (Wildman–Crippen MR) is 85.1 cm³/mol. The quantitative estimate of drug-likeness (QED) is 0.295. The zero-order chi connectivity index (χ0) is 13.1. The van der Waals surface area contributed by atoms with E-state index in [2.05, 4.69) is 33.2 Å². The molecule has 0 amide bonds. The van der Waals surface area contributed by atoms with Gasteiger partial charge in [-0.2, -0.15) is 5.43 Å². The molecule has 2 N–H and O–H groups in total. The van der Waals surface area contributed by atoms with E-state index in [1.54, 1.807) is 0 Å². The van der Waals surface area contributed by atoms with E-state index < -0.39 is 0 Å². The number of nitrogens with two attached hydrogens (primary N) is 1. The van der Waals surface area contributed by atoms with E-state index in [0.717, 1.165) is 10.7 Å². The van der Waals surface area contributed by atoms with E-state index in [1.807, 2.05) is 41.6 Å². The number of quaternary nitrogens is 1. The Hall–Kier alpha value is -0.170. The maximum Gasteiger partial charge on any atom is 0.283 e. The standard InChI is InChI=1S/C14H16BrN3S.BrH/c15-11-7-4-8-12-13(11)19-14(17-12)18-16-9-10-5-2-1-3-6-10;/h1-3,5-6,9,11-13H,4,7-8H2,(H,17,18);1H/b16-9+;. The minimum Gasteiger partial charge on any atom is -1.00 e. The smallest absolute Gasteiger partial charge is 0.283 e. The van der Waals surface area contributed by atoms with Crippen LogP contribution in [0.1, 0.15) is 24.8 Å². The molecule has 1 aromatic rings. The van der Waals surface area contributed by atoms with Crippen molar-refractivity contribution in [1.82, 2.24) is 0 Å². The van der Waals surface area contributed by atoms with Gasteiger partial charge in [-0.1, -0.05) is 57.8 Å². The van der Waals surface area contributed by atoms with Crippen LogP contribution in [0, 0.1) is 0 Å². The molecule has 108 valence electrons. The maximum atomic E-state index is 4.77. The van der Waals surface area contributed by atoms with Gasteiger partial charge in [0, 0.05) is 4.83 Å². The summed E-state index contributed by atoms with van der Waals surface area (Å²) in [5.41, 5.74) is 3.02. The van der Waals surface area contributed by atoms with Crippen LogP contribution in [0.2, 0.25) is 0 Å². The highest BCUT2D eigenvalue weighted by Crippen LogP contribution is 2.38. The first kappa shape index (κ1) is 16.2. The number of benzene rings is 1. The van der Waals surface area contributed by atoms with Crippen LogP contribution in [-0.2, 0) is 0 Å². The van der Waals surface area contributed by atoms with Crippen LogP contribution in [-0.4, -0.2) is 27.5 Å². The van der Waals surface area contributed by atoms with Crippen LogP contribution in [0.15, 0.2) is 40.4 Å². The molecule has 0 bridgehead atoms. The molecule has 1 heterocycles. The normalized spacial score (nSPS) is 28.9. The molecule has 3 rings (SSSR count). The Morgan fingerprint density at radius 2 is 2.10 bits per heavy atom. The lowest BCUT2D eigenvalue weighted by Crippen LogP contribution is -3.00. The lowest BCUT2D eigenvalue weighted by Gasteiger charge is -2.26. The molecular weight excluding hydrogens is 402 g/mol. The summed E-state index contributed by atoms with van der Waals surface area (Å²) < 4.78 is 0. The third-order valence-corrected chi connectivity index (χ3v) is 6.22. The van der Waals surface area contributed by atoms with Crippen molar-refractivity contribution < 1.29 is 22.4 Å². The van der Waals surface area contributed by atoms with Gasteiger partial charge in [-0.3, -0.25) is 0 Å². The molecule has 3 unspecified atom stereocenters. The molecular formula is C14H17Br2N3S. The highest BCUT2D eigenvalue weighted by molar-refractivity contribution is 9.09. The van der Waals surface area contributed by atoms with Crippen LogP contribution >= 0.6 is 27.7 Å². The lowest BCUT2D eigenvalue weighted by atomic mass is 9.95. The zero-order valence-corrected chi connectivity index (χ0v) is 14.9. The fourth-order valence-electron chi connectivity index (χ4n) is 2.51. The molecule has 0 spiro atoms. The molecule has 3 nitrogen and oxygen atoms in total. The minimum atomic E-state index is 0. The third kappa shape index (κ3) is 3.93. The fraction of sp³-hybridized carbons (Fsp3) is 0.429. The first-order chi connectivity index (χ1) is 9.33. The zero-order valence-electron chi connectivity index (χ0n) is 11.0. The van der Waals surface area contributed by atoms with Gasteiger partial charge in [-0.05, 0) is 30.2 Å². The second-order valence-corrected chi connectivity index (χ2v) is 7.26. The third-order valence-electron chi connectivity index (χ3n) is 3.47. The number of rotatable bonds is 2. The summed E-state index contributed by atoms with van der Waals surface area (Å²) >= 11 is 5.65. The second kappa shape index (κ2) is 7.73. The molecule has 1 saturated carbocycles. The maximum absolute atomic E-state index is 4.77. The van der Waals surface area contributed by atoms with Crippen molar-refractivity contribution in [2.45, 2.75) is 35.4 Å². The SMILES string of the molecule is BrC1CCCC2N=C([NH2+]/N=C/c3ccccc3)SC12.[Br-]. The lowest BCUT2D eigenvalue weighted by molar-refractivity contribution is -0.539. The Morgan fingerprint density at radius 3 is 2.85 bits per heavy atom. The highest BCUT2D eigenvalue weighted by atomic mass is 79.9. The van der Waals surface area contributed by atoms with E-state index in [4.69, 9.17) is 4.99 Å². The van der Waals surface area contributed by atoms with E-state index in [1.165, 1.54) is 19.3 Å². The number of aliphatic imine (C=N–C) groups is 1. The predicted octanol–water partition coefficient (Wildman–Crippen LogP) is -0.625. The average molecular weight is 419 g/mol. The van der Waals surface area contributed by atoms with Gasteiger partial charge in [-0.25, -0.2) is 4.99 Å². The summed E-state index contributed by atoms with van der Waals surface area (Å²) in [4.78, 5) is 5.37. The monoisotopic (exact) mass is 417 g/mol. The summed E-state index contributed by atoms with van der Waals surface area (Å²) in [6, 6.07) is 10.6. The summed E-state index contributed by atoms with van der Waals surface area (Å²) in [6.45, 7) is 0. The van der Waals surface area contributed by atoms with Crippen LogP contribution in [0.25, 0.3) is 0 Å². The van der Waals surface area contributed by atoms with Gasteiger partial charge in [0.1, 0.15) is 0 Å². The molecule has 6 heteroatoms. The van der Waals surface area contributed by atoms with E-state index in [-0.39, 0.29) is 17.0 Å². The summed E-state index contributed by atoms with van der Waals surface area (Å²) in [5, 5.41) is 6.07. The van der Waals surface area contributed by atoms with E-state index >= 15 is 0 Å². The Balaban J connectivity index is 0.00000147. The van der Waals surface area contributed by atoms with E-state index in [9.17, 15) is 0 Å². The molecule has 1 fully saturated rings.